The van der Waals surface area contributed by atoms with Gasteiger partial charge < -0.3 is 5.32 Å². The van der Waals surface area contributed by atoms with Crippen LogP contribution >= 0.6 is 22.9 Å². The minimum Gasteiger partial charge on any atom is -0.353 e. The molecule has 1 unspecified atom stereocenters. The normalized spacial score (nSPS) is 20.0. The number of hydrogen-bond donors (Lipinski definition) is 1. The monoisotopic (exact) mass is 324 g/mol. The van der Waals surface area contributed by atoms with Gasteiger partial charge in [0.05, 0.1) is 18.0 Å². The molecule has 2 aromatic rings. The number of nitrogens with zero attached hydrogens (tertiary/aromatic N) is 3. The number of thiophene rings is 1. The summed E-state index contributed by atoms with van der Waals surface area (Å²) in [4.78, 5) is 25.0. The third-order valence-electron chi connectivity index (χ3n) is 4.00. The maximum Gasteiger partial charge on any atom is 0.237 e. The maximum atomic E-state index is 11.7. The Hall–Kier alpha value is -1.24. The quantitative estimate of drug-likeness (QED) is 0.861. The summed E-state index contributed by atoms with van der Waals surface area (Å²) >= 11 is 7.96. The van der Waals surface area contributed by atoms with Crippen LogP contribution in [0.1, 0.15) is 23.2 Å². The van der Waals surface area contributed by atoms with Crippen molar-refractivity contribution in [3.63, 3.8) is 0 Å². The number of fused-ring (bicyclic) bond motifs is 1. The van der Waals surface area contributed by atoms with E-state index < -0.39 is 0 Å². The number of carbonyl (C=O) groups is 1. The van der Waals surface area contributed by atoms with Gasteiger partial charge in [-0.2, -0.15) is 0 Å². The van der Waals surface area contributed by atoms with Crippen LogP contribution in [-0.4, -0.2) is 39.9 Å². The average molecular weight is 325 g/mol. The Bertz CT molecular complexity index is 715. The third kappa shape index (κ3) is 2.63. The second-order valence-corrected chi connectivity index (χ2v) is 6.89. The zero-order valence-corrected chi connectivity index (χ0v) is 13.8. The van der Waals surface area contributed by atoms with Crippen LogP contribution in [0, 0.1) is 13.8 Å². The summed E-state index contributed by atoms with van der Waals surface area (Å²) in [5.41, 5.74) is 1.15. The Morgan fingerprint density at radius 2 is 2.19 bits per heavy atom. The fourth-order valence-corrected chi connectivity index (χ4v) is 3.97. The number of halogens is 1. The molecule has 21 heavy (non-hydrogen) atoms. The van der Waals surface area contributed by atoms with E-state index in [4.69, 9.17) is 11.6 Å². The molecule has 5 nitrogen and oxygen atoms in total. The van der Waals surface area contributed by atoms with Crippen LogP contribution < -0.4 is 5.32 Å². The minimum atomic E-state index is -0.163. The van der Waals surface area contributed by atoms with Crippen molar-refractivity contribution in [2.45, 2.75) is 33.4 Å². The van der Waals surface area contributed by atoms with Gasteiger partial charge in [0.25, 0.3) is 0 Å². The van der Waals surface area contributed by atoms with Gasteiger partial charge in [-0.25, -0.2) is 9.97 Å². The van der Waals surface area contributed by atoms with Crippen LogP contribution in [0.3, 0.4) is 0 Å². The lowest BCUT2D eigenvalue weighted by Crippen LogP contribution is -2.53. The molecule has 3 heterocycles. The first-order chi connectivity index (χ1) is 9.97. The van der Waals surface area contributed by atoms with Crippen molar-refractivity contribution in [1.29, 1.82) is 0 Å². The molecule has 0 aliphatic carbocycles. The van der Waals surface area contributed by atoms with E-state index in [-0.39, 0.29) is 11.9 Å². The highest BCUT2D eigenvalue weighted by molar-refractivity contribution is 7.18. The molecule has 7 heteroatoms. The van der Waals surface area contributed by atoms with E-state index in [0.717, 1.165) is 22.3 Å². The molecule has 0 radical (unpaired) electrons. The summed E-state index contributed by atoms with van der Waals surface area (Å²) < 4.78 is 0. The molecule has 0 saturated carbocycles. The van der Waals surface area contributed by atoms with E-state index in [2.05, 4.69) is 27.1 Å². The van der Waals surface area contributed by atoms with Crippen molar-refractivity contribution in [3.8, 4) is 0 Å². The van der Waals surface area contributed by atoms with Crippen LogP contribution in [-0.2, 0) is 11.3 Å². The van der Waals surface area contributed by atoms with E-state index in [9.17, 15) is 4.79 Å². The Labute approximate surface area is 132 Å². The molecule has 1 saturated heterocycles. The van der Waals surface area contributed by atoms with Crippen molar-refractivity contribution in [2.24, 2.45) is 0 Å². The lowest BCUT2D eigenvalue weighted by Gasteiger charge is -2.32. The van der Waals surface area contributed by atoms with Crippen molar-refractivity contribution < 1.29 is 4.79 Å². The molecule has 0 bridgehead atoms. The molecule has 1 aliphatic heterocycles. The average Bonchev–Trinajstić information content (AvgIpc) is 2.71. The van der Waals surface area contributed by atoms with E-state index in [1.165, 1.54) is 4.88 Å². The number of nitrogens with one attached hydrogen (secondary N) is 1. The number of piperazine rings is 1. The zero-order valence-electron chi connectivity index (χ0n) is 12.2. The molecule has 1 aliphatic rings. The summed E-state index contributed by atoms with van der Waals surface area (Å²) in [6.07, 6.45) is 0. The largest absolute Gasteiger partial charge is 0.353 e. The van der Waals surface area contributed by atoms with E-state index >= 15 is 0 Å². The maximum absolute atomic E-state index is 11.7. The molecular weight excluding hydrogens is 308 g/mol. The van der Waals surface area contributed by atoms with Crippen molar-refractivity contribution in [3.05, 3.63) is 21.4 Å². The van der Waals surface area contributed by atoms with Gasteiger partial charge in [0.15, 0.2) is 0 Å². The van der Waals surface area contributed by atoms with Crippen LogP contribution in [0.25, 0.3) is 10.2 Å². The van der Waals surface area contributed by atoms with Gasteiger partial charge in [-0.15, -0.1) is 11.3 Å². The number of aryl methyl sites for hydroxylation is 2. The van der Waals surface area contributed by atoms with Crippen LogP contribution in [0.4, 0.5) is 0 Å². The van der Waals surface area contributed by atoms with Crippen LogP contribution in [0.2, 0.25) is 5.15 Å². The van der Waals surface area contributed by atoms with Gasteiger partial charge >= 0.3 is 0 Å². The highest BCUT2D eigenvalue weighted by atomic mass is 35.5. The van der Waals surface area contributed by atoms with Gasteiger partial charge in [0.1, 0.15) is 15.8 Å². The summed E-state index contributed by atoms with van der Waals surface area (Å²) in [7, 11) is 0. The number of aromatic nitrogens is 2. The molecule has 1 N–H and O–H groups in total. The minimum absolute atomic E-state index is 0.0521. The molecule has 0 aromatic carbocycles. The SMILES string of the molecule is Cc1sc2nc(CN3CCNC(=O)C3C)nc(Cl)c2c1C. The van der Waals surface area contributed by atoms with Gasteiger partial charge in [0.2, 0.25) is 5.91 Å². The van der Waals surface area contributed by atoms with E-state index in [1.807, 2.05) is 13.8 Å². The first kappa shape index (κ1) is 14.7. The van der Waals surface area contributed by atoms with Gasteiger partial charge in [-0.05, 0) is 26.3 Å². The van der Waals surface area contributed by atoms with Crippen molar-refractivity contribution in [1.82, 2.24) is 20.2 Å². The summed E-state index contributed by atoms with van der Waals surface area (Å²) in [6.45, 7) is 8.01. The fourth-order valence-electron chi connectivity index (χ4n) is 2.54. The van der Waals surface area contributed by atoms with Gasteiger partial charge in [-0.3, -0.25) is 9.69 Å². The first-order valence-corrected chi connectivity index (χ1v) is 8.10. The topological polar surface area (TPSA) is 58.1 Å². The molecule has 0 spiro atoms. The van der Waals surface area contributed by atoms with E-state index in [1.54, 1.807) is 11.3 Å². The Kier molecular flexibility index (Phi) is 3.86. The van der Waals surface area contributed by atoms with E-state index in [0.29, 0.717) is 24.1 Å². The lowest BCUT2D eigenvalue weighted by atomic mass is 10.2. The molecule has 3 rings (SSSR count). The second kappa shape index (κ2) is 5.51. The molecular formula is C14H17ClN4OS. The van der Waals surface area contributed by atoms with Crippen molar-refractivity contribution in [2.75, 3.05) is 13.1 Å². The number of carbonyl (C=O) groups excluding carboxylic acids is 1. The van der Waals surface area contributed by atoms with Crippen molar-refractivity contribution >= 4 is 39.1 Å². The highest BCUT2D eigenvalue weighted by Crippen LogP contribution is 2.33. The summed E-state index contributed by atoms with van der Waals surface area (Å²) in [5, 5.41) is 4.31. The Balaban J connectivity index is 1.92. The number of amides is 1. The predicted molar refractivity (Wildman–Crippen MR) is 84.8 cm³/mol. The van der Waals surface area contributed by atoms with Gasteiger partial charge in [0, 0.05) is 18.0 Å². The molecule has 1 amide bonds. The van der Waals surface area contributed by atoms with Gasteiger partial charge in [-0.1, -0.05) is 11.6 Å². The smallest absolute Gasteiger partial charge is 0.237 e. The molecule has 112 valence electrons. The van der Waals surface area contributed by atoms with Crippen LogP contribution in [0.5, 0.6) is 0 Å². The lowest BCUT2D eigenvalue weighted by molar-refractivity contribution is -0.128. The standard InChI is InChI=1S/C14H17ClN4OS/c1-7-9(3)21-14-11(7)12(15)17-10(18-14)6-19-5-4-16-13(20)8(19)2/h8H,4-6H2,1-3H3,(H,16,20). The third-order valence-corrected chi connectivity index (χ3v) is 5.38. The number of hydrogen-bond acceptors (Lipinski definition) is 5. The molecule has 1 fully saturated rings. The highest BCUT2D eigenvalue weighted by Gasteiger charge is 2.26. The Morgan fingerprint density at radius 3 is 2.95 bits per heavy atom. The first-order valence-electron chi connectivity index (χ1n) is 6.91. The predicted octanol–water partition coefficient (Wildman–Crippen LogP) is 2.28. The fraction of sp³-hybridized carbons (Fsp3) is 0.500. The second-order valence-electron chi connectivity index (χ2n) is 5.33. The molecule has 2 aromatic heterocycles. The number of rotatable bonds is 2. The Morgan fingerprint density at radius 1 is 1.43 bits per heavy atom. The summed E-state index contributed by atoms with van der Waals surface area (Å²) in [6, 6.07) is -0.163. The zero-order chi connectivity index (χ0) is 15.1. The summed E-state index contributed by atoms with van der Waals surface area (Å²) in [5.74, 6) is 0.728. The molecule has 1 atom stereocenters. The van der Waals surface area contributed by atoms with Crippen LogP contribution in [0.15, 0.2) is 0 Å².